The van der Waals surface area contributed by atoms with Crippen molar-refractivity contribution < 1.29 is 9.59 Å². The van der Waals surface area contributed by atoms with Gasteiger partial charge in [0.1, 0.15) is 0 Å². The number of carbonyl (C=O) groups excluding carboxylic acids is 2. The first-order valence-corrected chi connectivity index (χ1v) is 11.7. The third-order valence-electron chi connectivity index (χ3n) is 6.53. The third kappa shape index (κ3) is 5.13. The van der Waals surface area contributed by atoms with Crippen molar-refractivity contribution in [1.82, 2.24) is 29.9 Å². The predicted octanol–water partition coefficient (Wildman–Crippen LogP) is 2.04. The van der Waals surface area contributed by atoms with Crippen LogP contribution in [0, 0.1) is 25.7 Å². The standard InChI is InChI=1S/C23H31ClN6O2/c1-16-21(24)17(2)30(27-16)12-9-26-22(31)19-13-29(14-19)23(32)18-6-10-28(11-7-18)15-20-5-3-4-8-25-20/h3-5,8,18-19H,6-7,9-15H2,1-2H3,(H,26,31). The maximum absolute atomic E-state index is 12.8. The predicted molar refractivity (Wildman–Crippen MR) is 122 cm³/mol. The van der Waals surface area contributed by atoms with Crippen molar-refractivity contribution in [1.29, 1.82) is 0 Å². The Labute approximate surface area is 193 Å². The summed E-state index contributed by atoms with van der Waals surface area (Å²) in [5.41, 5.74) is 2.77. The highest BCUT2D eigenvalue weighted by Crippen LogP contribution is 2.25. The molecule has 2 aromatic rings. The van der Waals surface area contributed by atoms with E-state index >= 15 is 0 Å². The fourth-order valence-electron chi connectivity index (χ4n) is 4.46. The number of likely N-dealkylation sites (tertiary alicyclic amines) is 2. The van der Waals surface area contributed by atoms with Crippen molar-refractivity contribution >= 4 is 23.4 Å². The Balaban J connectivity index is 1.15. The summed E-state index contributed by atoms with van der Waals surface area (Å²) in [5, 5.41) is 8.01. The molecule has 9 heteroatoms. The number of hydrogen-bond acceptors (Lipinski definition) is 5. The lowest BCUT2D eigenvalue weighted by atomic mass is 9.91. The molecule has 0 spiro atoms. The molecule has 0 unspecified atom stereocenters. The number of hydrogen-bond donors (Lipinski definition) is 1. The Morgan fingerprint density at radius 3 is 2.53 bits per heavy atom. The van der Waals surface area contributed by atoms with Gasteiger partial charge in [0, 0.05) is 38.3 Å². The van der Waals surface area contributed by atoms with Gasteiger partial charge in [0.2, 0.25) is 11.8 Å². The van der Waals surface area contributed by atoms with Crippen LogP contribution >= 0.6 is 11.6 Å². The summed E-state index contributed by atoms with van der Waals surface area (Å²) in [7, 11) is 0. The number of nitrogens with one attached hydrogen (secondary N) is 1. The SMILES string of the molecule is Cc1nn(CCNC(=O)C2CN(C(=O)C3CCN(Cc4ccccn4)CC3)C2)c(C)c1Cl. The van der Waals surface area contributed by atoms with Gasteiger partial charge in [-0.15, -0.1) is 0 Å². The van der Waals surface area contributed by atoms with Crippen molar-refractivity contribution in [2.24, 2.45) is 11.8 Å². The lowest BCUT2D eigenvalue weighted by molar-refractivity contribution is -0.147. The largest absolute Gasteiger partial charge is 0.354 e. The van der Waals surface area contributed by atoms with Crippen molar-refractivity contribution in [2.75, 3.05) is 32.7 Å². The normalized spacial score (nSPS) is 17.9. The summed E-state index contributed by atoms with van der Waals surface area (Å²) < 4.78 is 1.81. The third-order valence-corrected chi connectivity index (χ3v) is 7.08. The number of carbonyl (C=O) groups is 2. The number of aryl methyl sites for hydroxylation is 1. The van der Waals surface area contributed by atoms with E-state index in [0.717, 1.165) is 49.6 Å². The zero-order valence-electron chi connectivity index (χ0n) is 18.8. The first kappa shape index (κ1) is 22.7. The van der Waals surface area contributed by atoms with E-state index in [4.69, 9.17) is 11.6 Å². The Bertz CT molecular complexity index is 949. The molecule has 2 amide bonds. The van der Waals surface area contributed by atoms with Crippen molar-refractivity contribution in [3.8, 4) is 0 Å². The van der Waals surface area contributed by atoms with E-state index in [2.05, 4.69) is 20.3 Å². The van der Waals surface area contributed by atoms with Crippen LogP contribution in [0.2, 0.25) is 5.02 Å². The molecular formula is C23H31ClN6O2. The summed E-state index contributed by atoms with van der Waals surface area (Å²) in [4.78, 5) is 33.8. The van der Waals surface area contributed by atoms with E-state index in [1.807, 2.05) is 47.8 Å². The van der Waals surface area contributed by atoms with Gasteiger partial charge in [0.25, 0.3) is 0 Å². The molecule has 8 nitrogen and oxygen atoms in total. The molecular weight excluding hydrogens is 428 g/mol. The molecule has 2 aliphatic heterocycles. The van der Waals surface area contributed by atoms with Crippen molar-refractivity contribution in [3.63, 3.8) is 0 Å². The van der Waals surface area contributed by atoms with Gasteiger partial charge in [-0.05, 0) is 51.9 Å². The van der Waals surface area contributed by atoms with E-state index in [9.17, 15) is 9.59 Å². The van der Waals surface area contributed by atoms with Crippen LogP contribution in [0.5, 0.6) is 0 Å². The Kier molecular flexibility index (Phi) is 7.10. The highest BCUT2D eigenvalue weighted by atomic mass is 35.5. The number of aromatic nitrogens is 3. The fraction of sp³-hybridized carbons (Fsp3) is 0.565. The minimum Gasteiger partial charge on any atom is -0.354 e. The second kappa shape index (κ2) is 10.0. The van der Waals surface area contributed by atoms with Gasteiger partial charge in [0.05, 0.1) is 34.6 Å². The van der Waals surface area contributed by atoms with E-state index in [-0.39, 0.29) is 23.7 Å². The van der Waals surface area contributed by atoms with Crippen LogP contribution in [0.4, 0.5) is 0 Å². The van der Waals surface area contributed by atoms with E-state index in [0.29, 0.717) is 31.2 Å². The molecule has 2 saturated heterocycles. The molecule has 32 heavy (non-hydrogen) atoms. The number of nitrogens with zero attached hydrogens (tertiary/aromatic N) is 5. The van der Waals surface area contributed by atoms with Crippen molar-refractivity contribution in [2.45, 2.75) is 39.8 Å². The molecule has 0 radical (unpaired) electrons. The summed E-state index contributed by atoms with van der Waals surface area (Å²) in [5.74, 6) is 0.151. The van der Waals surface area contributed by atoms with Crippen LogP contribution in [0.15, 0.2) is 24.4 Å². The smallest absolute Gasteiger partial charge is 0.226 e. The van der Waals surface area contributed by atoms with Crippen LogP contribution in [-0.4, -0.2) is 69.1 Å². The lowest BCUT2D eigenvalue weighted by Gasteiger charge is -2.41. The summed E-state index contributed by atoms with van der Waals surface area (Å²) >= 11 is 6.16. The molecule has 0 saturated carbocycles. The molecule has 172 valence electrons. The zero-order valence-corrected chi connectivity index (χ0v) is 19.5. The molecule has 0 aliphatic carbocycles. The minimum atomic E-state index is -0.118. The maximum atomic E-state index is 12.8. The monoisotopic (exact) mass is 458 g/mol. The van der Waals surface area contributed by atoms with Gasteiger partial charge in [-0.25, -0.2) is 0 Å². The Hall–Kier alpha value is -2.45. The highest BCUT2D eigenvalue weighted by molar-refractivity contribution is 6.31. The number of amides is 2. The molecule has 2 fully saturated rings. The van der Waals surface area contributed by atoms with Gasteiger partial charge in [-0.2, -0.15) is 5.10 Å². The highest BCUT2D eigenvalue weighted by Gasteiger charge is 2.38. The van der Waals surface area contributed by atoms with Crippen LogP contribution in [0.1, 0.15) is 29.9 Å². The van der Waals surface area contributed by atoms with E-state index in [1.165, 1.54) is 0 Å². The van der Waals surface area contributed by atoms with Crippen LogP contribution in [-0.2, 0) is 22.7 Å². The Morgan fingerprint density at radius 1 is 1.16 bits per heavy atom. The topological polar surface area (TPSA) is 83.4 Å². The first-order valence-electron chi connectivity index (χ1n) is 11.3. The lowest BCUT2D eigenvalue weighted by Crippen LogP contribution is -2.58. The number of halogens is 1. The average Bonchev–Trinajstić information content (AvgIpc) is 3.00. The molecule has 4 heterocycles. The second-order valence-corrected chi connectivity index (χ2v) is 9.19. The first-order chi connectivity index (χ1) is 15.4. The van der Waals surface area contributed by atoms with E-state index < -0.39 is 0 Å². The van der Waals surface area contributed by atoms with Crippen LogP contribution in [0.3, 0.4) is 0 Å². The fourth-order valence-corrected chi connectivity index (χ4v) is 4.60. The molecule has 4 rings (SSSR count). The molecule has 0 atom stereocenters. The number of pyridine rings is 1. The van der Waals surface area contributed by atoms with Gasteiger partial charge >= 0.3 is 0 Å². The minimum absolute atomic E-state index is 0.00635. The molecule has 2 aromatic heterocycles. The number of rotatable bonds is 7. The second-order valence-electron chi connectivity index (χ2n) is 8.81. The quantitative estimate of drug-likeness (QED) is 0.686. The molecule has 0 bridgehead atoms. The average molecular weight is 459 g/mol. The number of piperidine rings is 1. The Morgan fingerprint density at radius 2 is 1.91 bits per heavy atom. The van der Waals surface area contributed by atoms with Gasteiger partial charge in [-0.3, -0.25) is 24.2 Å². The van der Waals surface area contributed by atoms with Gasteiger partial charge in [0.15, 0.2) is 0 Å². The summed E-state index contributed by atoms with van der Waals surface area (Å²) in [6.07, 6.45) is 3.55. The summed E-state index contributed by atoms with van der Waals surface area (Å²) in [6.45, 7) is 8.54. The molecule has 0 aromatic carbocycles. The van der Waals surface area contributed by atoms with Crippen LogP contribution < -0.4 is 5.32 Å². The van der Waals surface area contributed by atoms with Gasteiger partial charge < -0.3 is 10.2 Å². The zero-order chi connectivity index (χ0) is 22.7. The van der Waals surface area contributed by atoms with Crippen LogP contribution in [0.25, 0.3) is 0 Å². The van der Waals surface area contributed by atoms with Crippen molar-refractivity contribution in [3.05, 3.63) is 46.5 Å². The van der Waals surface area contributed by atoms with E-state index in [1.54, 1.807) is 0 Å². The summed E-state index contributed by atoms with van der Waals surface area (Å²) in [6, 6.07) is 5.96. The van der Waals surface area contributed by atoms with Gasteiger partial charge in [-0.1, -0.05) is 17.7 Å². The molecule has 1 N–H and O–H groups in total. The maximum Gasteiger partial charge on any atom is 0.226 e. The molecule has 2 aliphatic rings.